The quantitative estimate of drug-likeness (QED) is 0.238. The Balaban J connectivity index is 1.29. The minimum absolute atomic E-state index is 0.193. The van der Waals surface area contributed by atoms with Gasteiger partial charge >= 0.3 is 5.97 Å². The lowest BCUT2D eigenvalue weighted by atomic mass is 9.92. The number of aliphatic carboxylic acids is 1. The molecule has 2 aromatic carbocycles. The number of aromatic nitrogens is 2. The van der Waals surface area contributed by atoms with Crippen molar-refractivity contribution in [2.75, 3.05) is 18.0 Å². The highest BCUT2D eigenvalue weighted by Crippen LogP contribution is 2.36. The van der Waals surface area contributed by atoms with E-state index in [9.17, 15) is 14.7 Å². The van der Waals surface area contributed by atoms with Gasteiger partial charge in [-0.2, -0.15) is 0 Å². The van der Waals surface area contributed by atoms with E-state index in [1.54, 1.807) is 0 Å². The van der Waals surface area contributed by atoms with E-state index < -0.39 is 12.0 Å². The highest BCUT2D eigenvalue weighted by atomic mass is 79.9. The molecule has 41 heavy (non-hydrogen) atoms. The maximum atomic E-state index is 12.8. The first-order valence-corrected chi connectivity index (χ1v) is 15.0. The molecule has 2 N–H and O–H groups in total. The fraction of sp³-hybridized carbons (Fsp3) is 0.364. The zero-order valence-corrected chi connectivity index (χ0v) is 25.7. The fourth-order valence-corrected chi connectivity index (χ4v) is 6.84. The highest BCUT2D eigenvalue weighted by molar-refractivity contribution is 9.10. The second-order valence-electron chi connectivity index (χ2n) is 11.3. The Bertz CT molecular complexity index is 1570. The van der Waals surface area contributed by atoms with Crippen LogP contribution in [0.1, 0.15) is 47.2 Å². The number of nitrogens with one attached hydrogen (secondary N) is 1. The molecule has 3 heterocycles. The molecule has 1 amide bonds. The molecule has 0 spiro atoms. The van der Waals surface area contributed by atoms with Gasteiger partial charge in [0.2, 0.25) is 5.91 Å². The molecule has 1 saturated heterocycles. The van der Waals surface area contributed by atoms with E-state index in [-0.39, 0.29) is 18.2 Å². The largest absolute Gasteiger partial charge is 0.480 e. The molecular weight excluding hydrogens is 580 g/mol. The number of hydrogen-bond donors (Lipinski definition) is 2. The van der Waals surface area contributed by atoms with Crippen molar-refractivity contribution >= 4 is 44.5 Å². The molecule has 0 bridgehead atoms. The van der Waals surface area contributed by atoms with Crippen LogP contribution in [0.5, 0.6) is 0 Å². The van der Waals surface area contributed by atoms with Crippen molar-refractivity contribution in [3.8, 4) is 5.69 Å². The molecule has 0 aliphatic carbocycles. The van der Waals surface area contributed by atoms with Gasteiger partial charge in [-0.25, -0.2) is 9.78 Å². The predicted octanol–water partition coefficient (Wildman–Crippen LogP) is 6.44. The lowest BCUT2D eigenvalue weighted by molar-refractivity contribution is -0.142. The molecule has 0 radical (unpaired) electrons. The van der Waals surface area contributed by atoms with Crippen LogP contribution in [0, 0.1) is 33.6 Å². The van der Waals surface area contributed by atoms with Gasteiger partial charge in [-0.15, -0.1) is 0 Å². The molecule has 8 heteroatoms. The molecule has 0 saturated carbocycles. The second kappa shape index (κ2) is 12.1. The third kappa shape index (κ3) is 6.32. The average Bonchev–Trinajstić information content (AvgIpc) is 3.23. The van der Waals surface area contributed by atoms with Gasteiger partial charge in [0.25, 0.3) is 0 Å². The molecular formula is C33H37BrN4O3. The number of piperidine rings is 1. The summed E-state index contributed by atoms with van der Waals surface area (Å²) in [5.41, 5.74) is 8.73. The Labute approximate surface area is 249 Å². The number of aryl methyl sites for hydroxylation is 4. The normalized spacial score (nSPS) is 14.8. The Hall–Kier alpha value is -3.65. The van der Waals surface area contributed by atoms with Gasteiger partial charge < -0.3 is 19.9 Å². The summed E-state index contributed by atoms with van der Waals surface area (Å²) in [6, 6.07) is 14.9. The minimum atomic E-state index is -1.01. The summed E-state index contributed by atoms with van der Waals surface area (Å²) in [6.07, 6.45) is 4.55. The van der Waals surface area contributed by atoms with E-state index >= 15 is 0 Å². The SMILES string of the molecule is Cc1cc(N2CCC(CC(=O)NC(Cc3ccccc3)C(=O)O)CC2)c2c(C)cn(-c3c(C)cc(Br)cc3C)c2n1. The first kappa shape index (κ1) is 28.9. The fourth-order valence-electron chi connectivity index (χ4n) is 6.16. The van der Waals surface area contributed by atoms with Crippen molar-refractivity contribution < 1.29 is 14.7 Å². The summed E-state index contributed by atoms with van der Waals surface area (Å²) in [5.74, 6) is -0.985. The molecule has 2 aromatic heterocycles. The van der Waals surface area contributed by atoms with E-state index in [2.05, 4.69) is 75.9 Å². The number of halogens is 1. The molecule has 214 valence electrons. The number of rotatable bonds is 8. The minimum Gasteiger partial charge on any atom is -0.480 e. The Morgan fingerprint density at radius 3 is 2.32 bits per heavy atom. The van der Waals surface area contributed by atoms with E-state index in [0.717, 1.165) is 53.0 Å². The van der Waals surface area contributed by atoms with Gasteiger partial charge in [0.05, 0.1) is 5.69 Å². The monoisotopic (exact) mass is 616 g/mol. The number of anilines is 1. The van der Waals surface area contributed by atoms with Crippen LogP contribution in [-0.4, -0.2) is 45.7 Å². The van der Waals surface area contributed by atoms with Crippen molar-refractivity contribution in [2.24, 2.45) is 5.92 Å². The third-order valence-electron chi connectivity index (χ3n) is 8.09. The van der Waals surface area contributed by atoms with E-state index in [0.29, 0.717) is 6.42 Å². The summed E-state index contributed by atoms with van der Waals surface area (Å²) in [7, 11) is 0. The number of hydrogen-bond acceptors (Lipinski definition) is 4. The van der Waals surface area contributed by atoms with Crippen LogP contribution >= 0.6 is 15.9 Å². The van der Waals surface area contributed by atoms with Crippen LogP contribution < -0.4 is 10.2 Å². The number of carbonyl (C=O) groups is 2. The predicted molar refractivity (Wildman–Crippen MR) is 167 cm³/mol. The van der Waals surface area contributed by atoms with Crippen LogP contribution in [0.2, 0.25) is 0 Å². The molecule has 1 atom stereocenters. The molecule has 1 aliphatic rings. The smallest absolute Gasteiger partial charge is 0.326 e. The van der Waals surface area contributed by atoms with Gasteiger partial charge in [0.15, 0.2) is 0 Å². The number of benzene rings is 2. The van der Waals surface area contributed by atoms with Crippen LogP contribution in [0.15, 0.2) is 59.2 Å². The van der Waals surface area contributed by atoms with E-state index in [4.69, 9.17) is 4.98 Å². The first-order chi connectivity index (χ1) is 19.6. The molecule has 4 aromatic rings. The van der Waals surface area contributed by atoms with Gasteiger partial charge in [-0.1, -0.05) is 46.3 Å². The van der Waals surface area contributed by atoms with Crippen molar-refractivity contribution in [2.45, 2.75) is 59.4 Å². The van der Waals surface area contributed by atoms with Crippen molar-refractivity contribution in [3.63, 3.8) is 0 Å². The summed E-state index contributed by atoms with van der Waals surface area (Å²) in [4.78, 5) is 32.0. The van der Waals surface area contributed by atoms with Crippen molar-refractivity contribution in [1.82, 2.24) is 14.9 Å². The van der Waals surface area contributed by atoms with Gasteiger partial charge in [0, 0.05) is 53.4 Å². The Morgan fingerprint density at radius 2 is 1.68 bits per heavy atom. The summed E-state index contributed by atoms with van der Waals surface area (Å²) in [5, 5.41) is 13.6. The summed E-state index contributed by atoms with van der Waals surface area (Å²) >= 11 is 3.62. The number of carbonyl (C=O) groups excluding carboxylic acids is 1. The second-order valence-corrected chi connectivity index (χ2v) is 12.2. The number of carboxylic acid groups (broad SMARTS) is 1. The Kier molecular flexibility index (Phi) is 8.50. The molecule has 1 unspecified atom stereocenters. The lowest BCUT2D eigenvalue weighted by Crippen LogP contribution is -2.43. The molecule has 7 nitrogen and oxygen atoms in total. The van der Waals surface area contributed by atoms with Crippen molar-refractivity contribution in [1.29, 1.82) is 0 Å². The number of pyridine rings is 1. The van der Waals surface area contributed by atoms with Gasteiger partial charge in [-0.3, -0.25) is 4.79 Å². The highest BCUT2D eigenvalue weighted by Gasteiger charge is 2.27. The Morgan fingerprint density at radius 1 is 1.02 bits per heavy atom. The first-order valence-electron chi connectivity index (χ1n) is 14.2. The summed E-state index contributed by atoms with van der Waals surface area (Å²) in [6.45, 7) is 10.1. The number of nitrogens with zero attached hydrogens (tertiary/aromatic N) is 3. The standard InChI is InChI=1S/C33H37BrN4O3/c1-20-14-26(34)15-21(2)31(20)38-19-22(3)30-28(16-23(4)35-32(30)38)37-12-10-25(11-13-37)18-29(39)36-27(33(40)41)17-24-8-6-5-7-9-24/h5-9,14-16,19,25,27H,10-13,17-18H2,1-4H3,(H,36,39)(H,40,41). The molecule has 5 rings (SSSR count). The van der Waals surface area contributed by atoms with Crippen LogP contribution in [0.25, 0.3) is 16.7 Å². The van der Waals surface area contributed by atoms with Gasteiger partial charge in [-0.05, 0) is 86.9 Å². The van der Waals surface area contributed by atoms with Crippen LogP contribution in [-0.2, 0) is 16.0 Å². The van der Waals surface area contributed by atoms with Crippen molar-refractivity contribution in [3.05, 3.63) is 87.1 Å². The lowest BCUT2D eigenvalue weighted by Gasteiger charge is -2.34. The van der Waals surface area contributed by atoms with E-state index in [1.165, 1.54) is 27.8 Å². The van der Waals surface area contributed by atoms with Gasteiger partial charge in [0.1, 0.15) is 11.7 Å². The topological polar surface area (TPSA) is 87.5 Å². The maximum Gasteiger partial charge on any atom is 0.326 e. The maximum absolute atomic E-state index is 12.8. The average molecular weight is 618 g/mol. The van der Waals surface area contributed by atoms with E-state index in [1.807, 2.05) is 37.3 Å². The molecule has 1 aliphatic heterocycles. The molecule has 1 fully saturated rings. The number of carboxylic acids is 1. The zero-order chi connectivity index (χ0) is 29.3. The number of fused-ring (bicyclic) bond motifs is 1. The summed E-state index contributed by atoms with van der Waals surface area (Å²) < 4.78 is 3.30. The zero-order valence-electron chi connectivity index (χ0n) is 24.1. The third-order valence-corrected chi connectivity index (χ3v) is 8.55. The number of amides is 1. The van der Waals surface area contributed by atoms with Crippen LogP contribution in [0.4, 0.5) is 5.69 Å². The van der Waals surface area contributed by atoms with Crippen LogP contribution in [0.3, 0.4) is 0 Å².